The lowest BCUT2D eigenvalue weighted by Gasteiger charge is -2.24. The number of rotatable bonds is 2. The maximum absolute atomic E-state index is 11.4. The van der Waals surface area contributed by atoms with E-state index in [1.807, 2.05) is 0 Å². The summed E-state index contributed by atoms with van der Waals surface area (Å²) in [7, 11) is -1.17. The average Bonchev–Trinajstić information content (AvgIpc) is 3.08. The molecule has 4 heterocycles. The first-order valence-corrected chi connectivity index (χ1v) is 8.02. The number of fused-ring (bicyclic) bond motifs is 2. The summed E-state index contributed by atoms with van der Waals surface area (Å²) in [4.78, 5) is 12.2. The third kappa shape index (κ3) is 2.28. The Morgan fingerprint density at radius 1 is 1.52 bits per heavy atom. The van der Waals surface area contributed by atoms with Crippen LogP contribution in [0.1, 0.15) is 6.23 Å². The van der Waals surface area contributed by atoms with E-state index in [4.69, 9.17) is 24.3 Å². The summed E-state index contributed by atoms with van der Waals surface area (Å²) < 4.78 is 33.9. The van der Waals surface area contributed by atoms with E-state index in [2.05, 4.69) is 15.0 Å². The number of ether oxygens (including phenoxy) is 2. The first-order chi connectivity index (χ1) is 11.1. The van der Waals surface area contributed by atoms with Gasteiger partial charge in [0.05, 0.1) is 20.0 Å². The fourth-order valence-electron chi connectivity index (χ4n) is 2.76. The third-order valence-corrected chi connectivity index (χ3v) is 4.65. The highest BCUT2D eigenvalue weighted by molar-refractivity contribution is 7.33. The van der Waals surface area contributed by atoms with Crippen molar-refractivity contribution < 1.29 is 28.2 Å². The lowest BCUT2D eigenvalue weighted by molar-refractivity contribution is -0.0553. The van der Waals surface area contributed by atoms with Gasteiger partial charge in [-0.2, -0.15) is 9.97 Å². The molecule has 2 aromatic heterocycles. The van der Waals surface area contributed by atoms with E-state index < -0.39 is 32.8 Å². The number of anilines is 1. The first kappa shape index (κ1) is 14.8. The van der Waals surface area contributed by atoms with Crippen molar-refractivity contribution in [1.82, 2.24) is 19.5 Å². The van der Waals surface area contributed by atoms with E-state index in [0.717, 1.165) is 0 Å². The SMILES string of the molecule is COc1nc(N)nc2c1ncn2[C@@H]1O[C@@H]2CO[PH](=O)O[C@H]2[C@@H]1O. The van der Waals surface area contributed by atoms with Crippen LogP contribution in [0.4, 0.5) is 5.95 Å². The zero-order valence-corrected chi connectivity index (χ0v) is 12.9. The fourth-order valence-corrected chi connectivity index (χ4v) is 3.64. The number of nitrogen functional groups attached to an aromatic ring is 1. The molecule has 2 fully saturated rings. The van der Waals surface area contributed by atoms with Crippen LogP contribution in [0.5, 0.6) is 5.88 Å². The molecule has 12 heteroatoms. The predicted octanol–water partition coefficient (Wildman–Crippen LogP) is -0.520. The molecule has 23 heavy (non-hydrogen) atoms. The zero-order chi connectivity index (χ0) is 16.1. The number of hydrogen-bond donors (Lipinski definition) is 2. The van der Waals surface area contributed by atoms with Gasteiger partial charge in [-0.05, 0) is 0 Å². The predicted molar refractivity (Wildman–Crippen MR) is 76.0 cm³/mol. The molecule has 11 nitrogen and oxygen atoms in total. The second kappa shape index (κ2) is 5.39. The van der Waals surface area contributed by atoms with E-state index in [9.17, 15) is 9.67 Å². The molecule has 3 N–H and O–H groups in total. The topological polar surface area (TPSA) is 144 Å². The van der Waals surface area contributed by atoms with Crippen LogP contribution in [0, 0.1) is 0 Å². The Bertz CT molecular complexity index is 784. The molecular weight excluding hydrogens is 329 g/mol. The maximum atomic E-state index is 11.4. The lowest BCUT2D eigenvalue weighted by atomic mass is 10.1. The van der Waals surface area contributed by atoms with Gasteiger partial charge in [-0.25, -0.2) is 4.98 Å². The van der Waals surface area contributed by atoms with Crippen molar-refractivity contribution in [3.05, 3.63) is 6.33 Å². The van der Waals surface area contributed by atoms with Gasteiger partial charge in [-0.15, -0.1) is 0 Å². The Balaban J connectivity index is 1.75. The summed E-state index contributed by atoms with van der Waals surface area (Å²) in [5.41, 5.74) is 6.41. The minimum absolute atomic E-state index is 0.00522. The Kier molecular flexibility index (Phi) is 3.47. The maximum Gasteiger partial charge on any atom is 0.319 e. The van der Waals surface area contributed by atoms with Crippen molar-refractivity contribution in [1.29, 1.82) is 0 Å². The quantitative estimate of drug-likeness (QED) is 0.683. The normalized spacial score (nSPS) is 33.7. The molecule has 2 aromatic rings. The molecule has 2 aliphatic rings. The molecular formula is C11H14N5O6P. The molecule has 4 rings (SSSR count). The molecule has 0 spiro atoms. The Morgan fingerprint density at radius 2 is 2.35 bits per heavy atom. The second-order valence-electron chi connectivity index (χ2n) is 5.11. The van der Waals surface area contributed by atoms with Crippen LogP contribution in [0.25, 0.3) is 11.2 Å². The van der Waals surface area contributed by atoms with Crippen LogP contribution in [-0.4, -0.2) is 56.7 Å². The minimum Gasteiger partial charge on any atom is -0.479 e. The average molecular weight is 343 g/mol. The molecule has 0 aliphatic carbocycles. The summed E-state index contributed by atoms with van der Waals surface area (Å²) in [6.45, 7) is 0.0864. The van der Waals surface area contributed by atoms with Gasteiger partial charge in [0, 0.05) is 0 Å². The third-order valence-electron chi connectivity index (χ3n) is 3.78. The fraction of sp³-hybridized carbons (Fsp3) is 0.545. The van der Waals surface area contributed by atoms with Gasteiger partial charge in [0.2, 0.25) is 11.8 Å². The summed E-state index contributed by atoms with van der Waals surface area (Å²) in [6.07, 6.45) is -1.71. The molecule has 0 aromatic carbocycles. The van der Waals surface area contributed by atoms with E-state index >= 15 is 0 Å². The zero-order valence-electron chi connectivity index (χ0n) is 11.9. The summed E-state index contributed by atoms with van der Waals surface area (Å²) in [5, 5.41) is 10.4. The van der Waals surface area contributed by atoms with E-state index in [-0.39, 0.29) is 18.4 Å². The Hall–Kier alpha value is -1.78. The van der Waals surface area contributed by atoms with Crippen LogP contribution in [0.3, 0.4) is 0 Å². The second-order valence-corrected chi connectivity index (χ2v) is 6.14. The van der Waals surface area contributed by atoms with Gasteiger partial charge in [0.1, 0.15) is 18.3 Å². The number of nitrogens with zero attached hydrogens (tertiary/aromatic N) is 4. The smallest absolute Gasteiger partial charge is 0.319 e. The van der Waals surface area contributed by atoms with Gasteiger partial charge < -0.3 is 29.4 Å². The van der Waals surface area contributed by atoms with Crippen LogP contribution in [0.15, 0.2) is 6.33 Å². The van der Waals surface area contributed by atoms with Crippen molar-refractivity contribution in [3.8, 4) is 5.88 Å². The highest BCUT2D eigenvalue weighted by Gasteiger charge is 2.49. The summed E-state index contributed by atoms with van der Waals surface area (Å²) >= 11 is 0. The van der Waals surface area contributed by atoms with Crippen LogP contribution in [-0.2, 0) is 18.3 Å². The molecule has 0 radical (unpaired) electrons. The van der Waals surface area contributed by atoms with E-state index in [0.29, 0.717) is 11.2 Å². The summed E-state index contributed by atoms with van der Waals surface area (Å²) in [6, 6.07) is 0. The lowest BCUT2D eigenvalue weighted by Crippen LogP contribution is -2.37. The molecule has 5 atom stereocenters. The molecule has 0 bridgehead atoms. The number of aliphatic hydroxyl groups is 1. The standard InChI is InChI=1S/C11H14N5O6P/c1-19-9-5-8(14-11(12)15-9)16(3-13-5)10-6(17)7-4(21-10)2-20-23(18)22-7/h3-4,6-7,10,17,23H,2H2,1H3,(H2,12,14,15)/t4-,6+,7-,10-/m1/s1. The van der Waals surface area contributed by atoms with Crippen molar-refractivity contribution >= 4 is 25.4 Å². The molecule has 124 valence electrons. The highest BCUT2D eigenvalue weighted by atomic mass is 31.1. The highest BCUT2D eigenvalue weighted by Crippen LogP contribution is 2.43. The Morgan fingerprint density at radius 3 is 3.13 bits per heavy atom. The largest absolute Gasteiger partial charge is 0.479 e. The monoisotopic (exact) mass is 343 g/mol. The number of aliphatic hydroxyl groups excluding tert-OH is 1. The molecule has 0 saturated carbocycles. The molecule has 1 unspecified atom stereocenters. The summed E-state index contributed by atoms with van der Waals surface area (Å²) in [5.74, 6) is 0.228. The van der Waals surface area contributed by atoms with Gasteiger partial charge in [0.15, 0.2) is 17.4 Å². The van der Waals surface area contributed by atoms with E-state index in [1.54, 1.807) is 0 Å². The van der Waals surface area contributed by atoms with Gasteiger partial charge in [0.25, 0.3) is 0 Å². The van der Waals surface area contributed by atoms with E-state index in [1.165, 1.54) is 18.0 Å². The molecule has 0 amide bonds. The van der Waals surface area contributed by atoms with Crippen LogP contribution in [0.2, 0.25) is 0 Å². The van der Waals surface area contributed by atoms with Crippen molar-refractivity contribution in [3.63, 3.8) is 0 Å². The van der Waals surface area contributed by atoms with Crippen LogP contribution < -0.4 is 10.5 Å². The number of aromatic nitrogens is 4. The number of imidazole rings is 1. The van der Waals surface area contributed by atoms with Crippen molar-refractivity contribution in [2.24, 2.45) is 0 Å². The first-order valence-electron chi connectivity index (χ1n) is 6.79. The van der Waals surface area contributed by atoms with Crippen molar-refractivity contribution in [2.45, 2.75) is 24.5 Å². The Labute approximate surface area is 130 Å². The van der Waals surface area contributed by atoms with Crippen LogP contribution >= 0.6 is 8.25 Å². The number of nitrogens with two attached hydrogens (primary N) is 1. The van der Waals surface area contributed by atoms with Gasteiger partial charge in [-0.3, -0.25) is 9.13 Å². The molecule has 2 saturated heterocycles. The van der Waals surface area contributed by atoms with Gasteiger partial charge >= 0.3 is 8.25 Å². The minimum atomic E-state index is -2.61. The number of hydrogen-bond acceptors (Lipinski definition) is 10. The molecule has 2 aliphatic heterocycles. The number of methoxy groups -OCH3 is 1. The van der Waals surface area contributed by atoms with Crippen molar-refractivity contribution in [2.75, 3.05) is 19.5 Å². The van der Waals surface area contributed by atoms with Gasteiger partial charge in [-0.1, -0.05) is 0 Å².